The standard InChI is InChI=1S/C23H19Cl3N4OS/c1-13-21(23(31)28-29-11-10-14-4-2-3-5-17(14)29)27-30(18-7-6-15(24)12-16(18)25)22(13)19-8-9-20(26)32-19/h2-9,12-13,22H,10-11H2,1H3,(H,28,31)/t13-,22+/m0/s1. The molecule has 0 saturated carbocycles. The maximum Gasteiger partial charge on any atom is 0.286 e. The number of hydrogen-bond donors (Lipinski definition) is 1. The molecule has 9 heteroatoms. The number of hydrazone groups is 1. The van der Waals surface area contributed by atoms with Crippen molar-refractivity contribution in [3.8, 4) is 0 Å². The molecule has 2 aromatic carbocycles. The van der Waals surface area contributed by atoms with E-state index >= 15 is 0 Å². The van der Waals surface area contributed by atoms with E-state index in [9.17, 15) is 4.79 Å². The lowest BCUT2D eigenvalue weighted by molar-refractivity contribution is -0.115. The van der Waals surface area contributed by atoms with E-state index in [1.54, 1.807) is 17.1 Å². The molecule has 0 spiro atoms. The maximum absolute atomic E-state index is 13.3. The Bertz CT molecular complexity index is 1230. The van der Waals surface area contributed by atoms with Crippen molar-refractivity contribution in [3.05, 3.63) is 79.4 Å². The van der Waals surface area contributed by atoms with Gasteiger partial charge in [-0.25, -0.2) is 0 Å². The fourth-order valence-electron chi connectivity index (χ4n) is 4.24. The molecule has 0 saturated heterocycles. The molecule has 1 aromatic heterocycles. The molecule has 0 aliphatic carbocycles. The molecule has 1 N–H and O–H groups in total. The first-order chi connectivity index (χ1) is 15.4. The van der Waals surface area contributed by atoms with Crippen LogP contribution >= 0.6 is 46.1 Å². The first-order valence-electron chi connectivity index (χ1n) is 10.2. The Morgan fingerprint density at radius 1 is 1.09 bits per heavy atom. The molecule has 0 radical (unpaired) electrons. The number of hydrogen-bond acceptors (Lipinski definition) is 5. The van der Waals surface area contributed by atoms with Gasteiger partial charge in [-0.15, -0.1) is 11.3 Å². The number of halogens is 3. The summed E-state index contributed by atoms with van der Waals surface area (Å²) in [5.41, 5.74) is 6.40. The fourth-order valence-corrected chi connectivity index (χ4v) is 5.99. The van der Waals surface area contributed by atoms with Crippen LogP contribution in [0.25, 0.3) is 0 Å². The third-order valence-corrected chi connectivity index (χ3v) is 7.62. The number of nitrogens with zero attached hydrogens (tertiary/aromatic N) is 3. The van der Waals surface area contributed by atoms with Crippen molar-refractivity contribution in [1.29, 1.82) is 0 Å². The number of para-hydroxylation sites is 1. The number of anilines is 2. The van der Waals surface area contributed by atoms with Crippen LogP contribution in [-0.4, -0.2) is 18.2 Å². The zero-order valence-electron chi connectivity index (χ0n) is 17.1. The van der Waals surface area contributed by atoms with Gasteiger partial charge in [-0.3, -0.25) is 20.2 Å². The van der Waals surface area contributed by atoms with E-state index in [-0.39, 0.29) is 17.9 Å². The molecule has 2 aliphatic rings. The van der Waals surface area contributed by atoms with E-state index in [0.717, 1.165) is 23.5 Å². The Labute approximate surface area is 205 Å². The summed E-state index contributed by atoms with van der Waals surface area (Å²) in [6.07, 6.45) is 0.890. The van der Waals surface area contributed by atoms with Gasteiger partial charge in [-0.1, -0.05) is 59.9 Å². The zero-order valence-corrected chi connectivity index (χ0v) is 20.1. The van der Waals surface area contributed by atoms with E-state index in [1.807, 2.05) is 48.3 Å². The minimum absolute atomic E-state index is 0.186. The molecule has 0 bridgehead atoms. The summed E-state index contributed by atoms with van der Waals surface area (Å²) >= 11 is 20.3. The van der Waals surface area contributed by atoms with Crippen molar-refractivity contribution in [2.45, 2.75) is 19.4 Å². The quantitative estimate of drug-likeness (QED) is 0.449. The number of fused-ring (bicyclic) bond motifs is 1. The van der Waals surface area contributed by atoms with Crippen molar-refractivity contribution in [1.82, 2.24) is 5.43 Å². The number of rotatable bonds is 4. The van der Waals surface area contributed by atoms with E-state index < -0.39 is 0 Å². The van der Waals surface area contributed by atoms with E-state index in [4.69, 9.17) is 39.9 Å². The summed E-state index contributed by atoms with van der Waals surface area (Å²) in [4.78, 5) is 14.3. The topological polar surface area (TPSA) is 47.9 Å². The van der Waals surface area contributed by atoms with Crippen LogP contribution < -0.4 is 15.4 Å². The van der Waals surface area contributed by atoms with E-state index in [2.05, 4.69) is 11.5 Å². The van der Waals surface area contributed by atoms with Crippen molar-refractivity contribution in [3.63, 3.8) is 0 Å². The highest BCUT2D eigenvalue weighted by molar-refractivity contribution is 7.16. The van der Waals surface area contributed by atoms with Gasteiger partial charge < -0.3 is 0 Å². The molecule has 164 valence electrons. The van der Waals surface area contributed by atoms with Crippen LogP contribution in [0.4, 0.5) is 11.4 Å². The number of nitrogens with one attached hydrogen (secondary N) is 1. The molecule has 0 fully saturated rings. The second-order valence-corrected chi connectivity index (χ2v) is 10.4. The molecule has 0 unspecified atom stereocenters. The van der Waals surface area contributed by atoms with Crippen LogP contribution in [0.5, 0.6) is 0 Å². The first-order valence-corrected chi connectivity index (χ1v) is 12.1. The second-order valence-electron chi connectivity index (χ2n) is 7.77. The monoisotopic (exact) mass is 504 g/mol. The average Bonchev–Trinajstić information content (AvgIpc) is 3.45. The predicted octanol–water partition coefficient (Wildman–Crippen LogP) is 6.36. The molecule has 2 atom stereocenters. The van der Waals surface area contributed by atoms with Crippen molar-refractivity contribution < 1.29 is 4.79 Å². The molecular formula is C23H19Cl3N4OS. The van der Waals surface area contributed by atoms with Crippen molar-refractivity contribution in [2.24, 2.45) is 11.0 Å². The summed E-state index contributed by atoms with van der Waals surface area (Å²) in [6, 6.07) is 17.0. The number of hydrazine groups is 1. The summed E-state index contributed by atoms with van der Waals surface area (Å²) in [5.74, 6) is -0.413. The zero-order chi connectivity index (χ0) is 22.4. The molecule has 3 aromatic rings. The van der Waals surface area contributed by atoms with Gasteiger partial charge in [0, 0.05) is 22.4 Å². The van der Waals surface area contributed by atoms with Gasteiger partial charge in [-0.05, 0) is 48.4 Å². The summed E-state index contributed by atoms with van der Waals surface area (Å²) in [7, 11) is 0. The van der Waals surface area contributed by atoms with Crippen LogP contribution in [0.3, 0.4) is 0 Å². The Morgan fingerprint density at radius 2 is 1.91 bits per heavy atom. The van der Waals surface area contributed by atoms with Crippen LogP contribution in [-0.2, 0) is 11.2 Å². The van der Waals surface area contributed by atoms with Crippen LogP contribution in [0.15, 0.2) is 59.7 Å². The third kappa shape index (κ3) is 3.86. The summed E-state index contributed by atoms with van der Waals surface area (Å²) in [6.45, 7) is 2.72. The lowest BCUT2D eigenvalue weighted by atomic mass is 9.95. The van der Waals surface area contributed by atoms with Gasteiger partial charge >= 0.3 is 0 Å². The normalized spacial score (nSPS) is 19.8. The molecule has 5 rings (SSSR count). The van der Waals surface area contributed by atoms with Gasteiger partial charge in [0.2, 0.25) is 0 Å². The number of thiophene rings is 1. The Hall–Kier alpha value is -2.25. The van der Waals surface area contributed by atoms with Crippen molar-refractivity contribution in [2.75, 3.05) is 16.6 Å². The number of amides is 1. The first kappa shape index (κ1) is 21.6. The van der Waals surface area contributed by atoms with Gasteiger partial charge in [0.05, 0.1) is 26.8 Å². The highest BCUT2D eigenvalue weighted by Crippen LogP contribution is 2.44. The van der Waals surface area contributed by atoms with Gasteiger partial charge in [0.25, 0.3) is 5.91 Å². The van der Waals surface area contributed by atoms with Crippen LogP contribution in [0.1, 0.15) is 23.4 Å². The average molecular weight is 506 g/mol. The maximum atomic E-state index is 13.3. The molecule has 3 heterocycles. The Morgan fingerprint density at radius 3 is 2.66 bits per heavy atom. The minimum Gasteiger partial charge on any atom is -0.285 e. The number of carbonyl (C=O) groups is 1. The largest absolute Gasteiger partial charge is 0.286 e. The SMILES string of the molecule is C[C@H]1C(C(=O)NN2CCc3ccccc32)=NN(c2ccc(Cl)cc2Cl)[C@H]1c1ccc(Cl)s1. The predicted molar refractivity (Wildman–Crippen MR) is 133 cm³/mol. The smallest absolute Gasteiger partial charge is 0.285 e. The summed E-state index contributed by atoms with van der Waals surface area (Å²) < 4.78 is 0.681. The van der Waals surface area contributed by atoms with Crippen molar-refractivity contribution >= 4 is 69.1 Å². The van der Waals surface area contributed by atoms with E-state index in [0.29, 0.717) is 25.8 Å². The molecular weight excluding hydrogens is 487 g/mol. The third-order valence-electron chi connectivity index (χ3n) is 5.78. The number of benzene rings is 2. The van der Waals surface area contributed by atoms with Gasteiger partial charge in [0.1, 0.15) is 5.71 Å². The van der Waals surface area contributed by atoms with Gasteiger partial charge in [0.15, 0.2) is 0 Å². The minimum atomic E-state index is -0.227. The van der Waals surface area contributed by atoms with Crippen LogP contribution in [0.2, 0.25) is 14.4 Å². The lowest BCUT2D eigenvalue weighted by Gasteiger charge is -2.26. The molecule has 1 amide bonds. The molecule has 2 aliphatic heterocycles. The molecule has 32 heavy (non-hydrogen) atoms. The Kier molecular flexibility index (Phi) is 5.80. The lowest BCUT2D eigenvalue weighted by Crippen LogP contribution is -2.45. The van der Waals surface area contributed by atoms with E-state index in [1.165, 1.54) is 16.9 Å². The highest BCUT2D eigenvalue weighted by Gasteiger charge is 2.41. The van der Waals surface area contributed by atoms with Gasteiger partial charge in [-0.2, -0.15) is 5.10 Å². The fraction of sp³-hybridized carbons (Fsp3) is 0.217. The molecule has 5 nitrogen and oxygen atoms in total. The Balaban J connectivity index is 1.48. The number of carbonyl (C=O) groups excluding carboxylic acids is 1. The highest BCUT2D eigenvalue weighted by atomic mass is 35.5. The van der Waals surface area contributed by atoms with Crippen LogP contribution in [0, 0.1) is 5.92 Å². The second kappa shape index (κ2) is 8.60. The summed E-state index contributed by atoms with van der Waals surface area (Å²) in [5, 5.41) is 9.44.